The Hall–Kier alpha value is -2.82. The van der Waals surface area contributed by atoms with E-state index in [0.29, 0.717) is 10.6 Å². The highest BCUT2D eigenvalue weighted by molar-refractivity contribution is 7.14. The largest absolute Gasteiger partial charge is 0.269 e. The average Bonchev–Trinajstić information content (AvgIpc) is 3.24. The van der Waals surface area contributed by atoms with Crippen LogP contribution in [0.4, 0.5) is 5.69 Å². The van der Waals surface area contributed by atoms with Gasteiger partial charge in [0.1, 0.15) is 11.1 Å². The lowest BCUT2D eigenvalue weighted by Crippen LogP contribution is -1.87. The van der Waals surface area contributed by atoms with Gasteiger partial charge in [-0.3, -0.25) is 10.1 Å². The van der Waals surface area contributed by atoms with Gasteiger partial charge in [-0.15, -0.1) is 22.7 Å². The third-order valence-electron chi connectivity index (χ3n) is 3.04. The second kappa shape index (κ2) is 6.52. The standard InChI is InChI=1S/C16H9N3O2S2/c17-9-12(8-11-3-5-13(6-4-11)19(20)21)16-18-14(10-23-16)15-2-1-7-22-15/h1-8,10H/b12-8+. The van der Waals surface area contributed by atoms with E-state index in [1.165, 1.54) is 23.5 Å². The van der Waals surface area contributed by atoms with Gasteiger partial charge in [0, 0.05) is 17.5 Å². The van der Waals surface area contributed by atoms with Crippen LogP contribution in [0.3, 0.4) is 0 Å². The fourth-order valence-electron chi connectivity index (χ4n) is 1.94. The number of hydrogen-bond acceptors (Lipinski definition) is 6. The molecule has 0 spiro atoms. The number of nitro benzene ring substituents is 1. The molecule has 0 unspecified atom stereocenters. The van der Waals surface area contributed by atoms with Gasteiger partial charge in [-0.1, -0.05) is 6.07 Å². The van der Waals surface area contributed by atoms with Crippen molar-refractivity contribution in [1.29, 1.82) is 5.26 Å². The van der Waals surface area contributed by atoms with E-state index in [-0.39, 0.29) is 5.69 Å². The van der Waals surface area contributed by atoms with Gasteiger partial charge in [0.15, 0.2) is 0 Å². The molecule has 5 nitrogen and oxygen atoms in total. The number of nitro groups is 1. The van der Waals surface area contributed by atoms with Gasteiger partial charge in [0.25, 0.3) is 5.69 Å². The third-order valence-corrected chi connectivity index (χ3v) is 4.81. The van der Waals surface area contributed by atoms with Crippen LogP contribution >= 0.6 is 22.7 Å². The Balaban J connectivity index is 1.90. The van der Waals surface area contributed by atoms with E-state index in [9.17, 15) is 15.4 Å². The van der Waals surface area contributed by atoms with Gasteiger partial charge in [0.05, 0.1) is 21.1 Å². The monoisotopic (exact) mass is 339 g/mol. The van der Waals surface area contributed by atoms with Crippen molar-refractivity contribution in [2.24, 2.45) is 0 Å². The topological polar surface area (TPSA) is 79.8 Å². The van der Waals surface area contributed by atoms with Crippen LogP contribution in [0.5, 0.6) is 0 Å². The first-order chi connectivity index (χ1) is 11.2. The highest BCUT2D eigenvalue weighted by atomic mass is 32.1. The zero-order valence-electron chi connectivity index (χ0n) is 11.7. The number of thiophene rings is 1. The molecule has 0 aliphatic rings. The molecule has 23 heavy (non-hydrogen) atoms. The first-order valence-corrected chi connectivity index (χ1v) is 8.29. The maximum Gasteiger partial charge on any atom is 0.269 e. The lowest BCUT2D eigenvalue weighted by atomic mass is 10.1. The van der Waals surface area contributed by atoms with E-state index < -0.39 is 4.92 Å². The Morgan fingerprint density at radius 3 is 2.65 bits per heavy atom. The summed E-state index contributed by atoms with van der Waals surface area (Å²) in [4.78, 5) is 15.8. The van der Waals surface area contributed by atoms with Crippen molar-refractivity contribution in [3.63, 3.8) is 0 Å². The molecule has 0 saturated heterocycles. The molecule has 2 aromatic heterocycles. The highest BCUT2D eigenvalue weighted by Gasteiger charge is 2.10. The summed E-state index contributed by atoms with van der Waals surface area (Å²) in [5.74, 6) is 0. The van der Waals surface area contributed by atoms with Gasteiger partial charge in [-0.25, -0.2) is 4.98 Å². The number of thiazole rings is 1. The maximum absolute atomic E-state index is 10.7. The van der Waals surface area contributed by atoms with E-state index >= 15 is 0 Å². The second-order valence-electron chi connectivity index (χ2n) is 4.53. The summed E-state index contributed by atoms with van der Waals surface area (Å²) in [6.45, 7) is 0. The molecule has 0 N–H and O–H groups in total. The predicted molar refractivity (Wildman–Crippen MR) is 92.0 cm³/mol. The third kappa shape index (κ3) is 3.34. The Morgan fingerprint density at radius 2 is 2.04 bits per heavy atom. The van der Waals surface area contributed by atoms with Crippen LogP contribution < -0.4 is 0 Å². The molecule has 0 aliphatic carbocycles. The van der Waals surface area contributed by atoms with Gasteiger partial charge < -0.3 is 0 Å². The summed E-state index contributed by atoms with van der Waals surface area (Å²) in [6.07, 6.45) is 1.68. The van der Waals surface area contributed by atoms with Crippen LogP contribution in [0, 0.1) is 21.4 Å². The number of hydrogen-bond donors (Lipinski definition) is 0. The van der Waals surface area contributed by atoms with Gasteiger partial charge in [0.2, 0.25) is 0 Å². The van der Waals surface area contributed by atoms with E-state index in [1.807, 2.05) is 22.9 Å². The quantitative estimate of drug-likeness (QED) is 0.387. The van der Waals surface area contributed by atoms with Crippen molar-refractivity contribution >= 4 is 40.0 Å². The molecule has 0 saturated carbocycles. The van der Waals surface area contributed by atoms with E-state index in [4.69, 9.17) is 0 Å². The van der Waals surface area contributed by atoms with Crippen LogP contribution in [0.1, 0.15) is 10.6 Å². The predicted octanol–water partition coefficient (Wildman–Crippen LogP) is 4.84. The zero-order chi connectivity index (χ0) is 16.2. The normalized spacial score (nSPS) is 11.2. The van der Waals surface area contributed by atoms with Gasteiger partial charge in [-0.05, 0) is 35.2 Å². The minimum atomic E-state index is -0.452. The first kappa shape index (κ1) is 15.1. The fourth-order valence-corrected chi connectivity index (χ4v) is 3.48. The van der Waals surface area contributed by atoms with Crippen LogP contribution in [0.25, 0.3) is 22.2 Å². The second-order valence-corrected chi connectivity index (χ2v) is 6.34. The Bertz CT molecular complexity index is 904. The van der Waals surface area contributed by atoms with Crippen molar-refractivity contribution in [3.8, 4) is 16.6 Å². The Morgan fingerprint density at radius 1 is 1.26 bits per heavy atom. The lowest BCUT2D eigenvalue weighted by molar-refractivity contribution is -0.384. The summed E-state index contributed by atoms with van der Waals surface area (Å²) in [6, 6.07) is 12.1. The number of allylic oxidation sites excluding steroid dienone is 1. The summed E-state index contributed by atoms with van der Waals surface area (Å²) < 4.78 is 0. The molecule has 3 aromatic rings. The minimum absolute atomic E-state index is 0.0230. The Kier molecular flexibility index (Phi) is 4.28. The van der Waals surface area contributed by atoms with Crippen LogP contribution in [-0.2, 0) is 0 Å². The number of non-ortho nitro benzene ring substituents is 1. The molecule has 0 aliphatic heterocycles. The SMILES string of the molecule is N#C/C(=C\c1ccc([N+](=O)[O-])cc1)c1nc(-c2cccs2)cs1. The van der Waals surface area contributed by atoms with E-state index in [1.54, 1.807) is 29.5 Å². The smallest absolute Gasteiger partial charge is 0.258 e. The van der Waals surface area contributed by atoms with E-state index in [2.05, 4.69) is 11.1 Å². The Labute approximate surface area is 139 Å². The van der Waals surface area contributed by atoms with Crippen LogP contribution in [0.15, 0.2) is 47.2 Å². The molecule has 1 aromatic carbocycles. The first-order valence-electron chi connectivity index (χ1n) is 6.53. The number of rotatable bonds is 4. The lowest BCUT2D eigenvalue weighted by Gasteiger charge is -1.96. The molecular weight excluding hydrogens is 330 g/mol. The molecule has 0 amide bonds. The van der Waals surface area contributed by atoms with Gasteiger partial charge in [-0.2, -0.15) is 5.26 Å². The van der Waals surface area contributed by atoms with E-state index in [0.717, 1.165) is 16.1 Å². The number of nitriles is 1. The number of aromatic nitrogens is 1. The molecule has 0 bridgehead atoms. The van der Waals surface area contributed by atoms with Crippen molar-refractivity contribution < 1.29 is 4.92 Å². The minimum Gasteiger partial charge on any atom is -0.258 e. The molecule has 112 valence electrons. The molecular formula is C16H9N3O2S2. The van der Waals surface area contributed by atoms with Crippen molar-refractivity contribution in [2.75, 3.05) is 0 Å². The summed E-state index contributed by atoms with van der Waals surface area (Å²) in [5, 5.41) is 24.6. The molecule has 0 fully saturated rings. The molecule has 7 heteroatoms. The summed E-state index contributed by atoms with van der Waals surface area (Å²) in [5.41, 5.74) is 2.03. The average molecular weight is 339 g/mol. The summed E-state index contributed by atoms with van der Waals surface area (Å²) >= 11 is 3.00. The molecule has 0 radical (unpaired) electrons. The fraction of sp³-hybridized carbons (Fsp3) is 0. The van der Waals surface area contributed by atoms with Crippen LogP contribution in [0.2, 0.25) is 0 Å². The molecule has 3 rings (SSSR count). The summed E-state index contributed by atoms with van der Waals surface area (Å²) in [7, 11) is 0. The van der Waals surface area contributed by atoms with Crippen LogP contribution in [-0.4, -0.2) is 9.91 Å². The molecule has 0 atom stereocenters. The number of benzene rings is 1. The highest BCUT2D eigenvalue weighted by Crippen LogP contribution is 2.29. The van der Waals surface area contributed by atoms with Gasteiger partial charge >= 0.3 is 0 Å². The zero-order valence-corrected chi connectivity index (χ0v) is 13.3. The van der Waals surface area contributed by atoms with Crippen molar-refractivity contribution in [2.45, 2.75) is 0 Å². The van der Waals surface area contributed by atoms with Crippen molar-refractivity contribution in [3.05, 3.63) is 67.8 Å². The maximum atomic E-state index is 10.7. The number of nitrogens with zero attached hydrogens (tertiary/aromatic N) is 3. The van der Waals surface area contributed by atoms with Crippen molar-refractivity contribution in [1.82, 2.24) is 4.98 Å². The molecule has 2 heterocycles.